The van der Waals surface area contributed by atoms with E-state index in [1.807, 2.05) is 0 Å². The molecule has 1 aromatic rings. The number of aromatic nitrogens is 2. The largest absolute Gasteiger partial charge is 0.339 e. The van der Waals surface area contributed by atoms with Crippen LogP contribution in [0, 0.1) is 0 Å². The van der Waals surface area contributed by atoms with Gasteiger partial charge in [0, 0.05) is 25.3 Å². The molecule has 0 atom stereocenters. The molecule has 5 heteroatoms. The van der Waals surface area contributed by atoms with E-state index in [2.05, 4.69) is 29.0 Å². The monoisotopic (exact) mass is 251 g/mol. The van der Waals surface area contributed by atoms with Gasteiger partial charge in [0.15, 0.2) is 5.82 Å². The van der Waals surface area contributed by atoms with Gasteiger partial charge in [0.1, 0.15) is 5.78 Å². The number of hydrogen-bond acceptors (Lipinski definition) is 5. The lowest BCUT2D eigenvalue weighted by Gasteiger charge is -2.29. The van der Waals surface area contributed by atoms with Crippen molar-refractivity contribution in [1.82, 2.24) is 15.0 Å². The Labute approximate surface area is 108 Å². The van der Waals surface area contributed by atoms with Crippen LogP contribution in [0.4, 0.5) is 0 Å². The zero-order valence-electron chi connectivity index (χ0n) is 11.2. The Morgan fingerprint density at radius 1 is 1.39 bits per heavy atom. The summed E-state index contributed by atoms with van der Waals surface area (Å²) < 4.78 is 5.17. The van der Waals surface area contributed by atoms with Gasteiger partial charge in [0.25, 0.3) is 0 Å². The number of ketones is 1. The van der Waals surface area contributed by atoms with Crippen molar-refractivity contribution in [2.45, 2.75) is 58.0 Å². The minimum atomic E-state index is 0.393. The van der Waals surface area contributed by atoms with Crippen LogP contribution in [-0.4, -0.2) is 33.9 Å². The van der Waals surface area contributed by atoms with Crippen molar-refractivity contribution in [2.75, 3.05) is 7.05 Å². The van der Waals surface area contributed by atoms with Gasteiger partial charge in [-0.05, 0) is 26.3 Å². The van der Waals surface area contributed by atoms with Gasteiger partial charge in [-0.1, -0.05) is 12.1 Å². The molecule has 0 spiro atoms. The Morgan fingerprint density at radius 2 is 2.11 bits per heavy atom. The second kappa shape index (κ2) is 6.09. The fourth-order valence-corrected chi connectivity index (χ4v) is 2.39. The Kier molecular flexibility index (Phi) is 4.47. The average molecular weight is 251 g/mol. The molecule has 1 aromatic heterocycles. The number of Topliss-reactive ketones (excluding diaryl/α,β-unsaturated/α-hetero) is 1. The molecule has 0 amide bonds. The lowest BCUT2D eigenvalue weighted by Crippen LogP contribution is -2.35. The quantitative estimate of drug-likeness (QED) is 0.800. The van der Waals surface area contributed by atoms with E-state index in [-0.39, 0.29) is 0 Å². The van der Waals surface area contributed by atoms with Crippen LogP contribution in [0.2, 0.25) is 0 Å². The van der Waals surface area contributed by atoms with Gasteiger partial charge in [-0.25, -0.2) is 0 Å². The van der Waals surface area contributed by atoms with E-state index >= 15 is 0 Å². The maximum atomic E-state index is 11.2. The maximum Gasteiger partial charge on any atom is 0.226 e. The molecule has 0 bridgehead atoms. The van der Waals surface area contributed by atoms with Crippen LogP contribution in [0.25, 0.3) is 0 Å². The van der Waals surface area contributed by atoms with Gasteiger partial charge in [-0.15, -0.1) is 0 Å². The third-order valence-electron chi connectivity index (χ3n) is 3.50. The van der Waals surface area contributed by atoms with E-state index in [0.717, 1.165) is 37.4 Å². The lowest BCUT2D eigenvalue weighted by atomic mass is 9.93. The van der Waals surface area contributed by atoms with Gasteiger partial charge in [-0.2, -0.15) is 4.98 Å². The van der Waals surface area contributed by atoms with Crippen LogP contribution < -0.4 is 0 Å². The molecular formula is C13H21N3O2. The van der Waals surface area contributed by atoms with Crippen molar-refractivity contribution in [2.24, 2.45) is 0 Å². The van der Waals surface area contributed by atoms with Gasteiger partial charge in [0.2, 0.25) is 5.89 Å². The van der Waals surface area contributed by atoms with E-state index in [1.165, 1.54) is 0 Å². The maximum absolute atomic E-state index is 11.2. The van der Waals surface area contributed by atoms with Gasteiger partial charge < -0.3 is 4.52 Å². The summed E-state index contributed by atoms with van der Waals surface area (Å²) in [4.78, 5) is 17.8. The average Bonchev–Trinajstić information content (AvgIpc) is 2.78. The number of carbonyl (C=O) groups excluding carboxylic acids is 1. The van der Waals surface area contributed by atoms with Crippen LogP contribution in [0.15, 0.2) is 4.52 Å². The lowest BCUT2D eigenvalue weighted by molar-refractivity contribution is -0.121. The molecule has 1 fully saturated rings. The molecule has 100 valence electrons. The van der Waals surface area contributed by atoms with Crippen LogP contribution in [0.5, 0.6) is 0 Å². The molecular weight excluding hydrogens is 230 g/mol. The summed E-state index contributed by atoms with van der Waals surface area (Å²) in [5.74, 6) is 1.86. The zero-order valence-corrected chi connectivity index (χ0v) is 11.2. The molecule has 2 rings (SSSR count). The minimum Gasteiger partial charge on any atom is -0.339 e. The summed E-state index contributed by atoms with van der Waals surface area (Å²) in [6, 6.07) is 0.468. The van der Waals surface area contributed by atoms with Gasteiger partial charge >= 0.3 is 0 Å². The molecule has 1 saturated carbocycles. The fourth-order valence-electron chi connectivity index (χ4n) is 2.39. The second-order valence-electron chi connectivity index (χ2n) is 5.04. The summed E-state index contributed by atoms with van der Waals surface area (Å²) in [5, 5.41) is 3.99. The predicted octanol–water partition coefficient (Wildman–Crippen LogP) is 1.97. The summed E-state index contributed by atoms with van der Waals surface area (Å²) >= 11 is 0. The van der Waals surface area contributed by atoms with Crippen LogP contribution in [0.3, 0.4) is 0 Å². The highest BCUT2D eigenvalue weighted by Gasteiger charge is 2.23. The van der Waals surface area contributed by atoms with E-state index in [4.69, 9.17) is 4.52 Å². The van der Waals surface area contributed by atoms with E-state index in [0.29, 0.717) is 31.2 Å². The Bertz CT molecular complexity index is 393. The summed E-state index contributed by atoms with van der Waals surface area (Å²) in [6.07, 6.45) is 5.19. The van der Waals surface area contributed by atoms with Crippen LogP contribution >= 0.6 is 0 Å². The second-order valence-corrected chi connectivity index (χ2v) is 5.04. The smallest absolute Gasteiger partial charge is 0.226 e. The van der Waals surface area contributed by atoms with Crippen LogP contribution in [0.1, 0.15) is 50.7 Å². The Balaban J connectivity index is 1.85. The highest BCUT2D eigenvalue weighted by molar-refractivity contribution is 5.79. The predicted molar refractivity (Wildman–Crippen MR) is 67.0 cm³/mol. The summed E-state index contributed by atoms with van der Waals surface area (Å²) in [5.41, 5.74) is 0. The van der Waals surface area contributed by atoms with E-state index in [9.17, 15) is 4.79 Å². The number of aryl methyl sites for hydroxylation is 1. The van der Waals surface area contributed by atoms with E-state index in [1.54, 1.807) is 0 Å². The normalized spacial score (nSPS) is 17.6. The van der Waals surface area contributed by atoms with Crippen LogP contribution in [-0.2, 0) is 17.8 Å². The first-order valence-corrected chi connectivity index (χ1v) is 6.72. The number of nitrogens with zero attached hydrogens (tertiary/aromatic N) is 3. The highest BCUT2D eigenvalue weighted by Crippen LogP contribution is 2.20. The van der Waals surface area contributed by atoms with E-state index < -0.39 is 0 Å². The van der Waals surface area contributed by atoms with Crippen molar-refractivity contribution in [3.8, 4) is 0 Å². The van der Waals surface area contributed by atoms with Crippen molar-refractivity contribution in [1.29, 1.82) is 0 Å². The molecule has 18 heavy (non-hydrogen) atoms. The number of hydrogen-bond donors (Lipinski definition) is 0. The first-order chi connectivity index (χ1) is 8.69. The molecule has 0 aliphatic heterocycles. The molecule has 1 aliphatic carbocycles. The van der Waals surface area contributed by atoms with Gasteiger partial charge in [0.05, 0.1) is 6.54 Å². The Morgan fingerprint density at radius 3 is 2.78 bits per heavy atom. The highest BCUT2D eigenvalue weighted by atomic mass is 16.5. The van der Waals surface area contributed by atoms with Crippen molar-refractivity contribution < 1.29 is 9.32 Å². The standard InChI is InChI=1S/C13H21N3O2/c1-3-4-13-14-12(15-18-13)9-16(2)10-5-7-11(17)8-6-10/h10H,3-9H2,1-2H3. The topological polar surface area (TPSA) is 59.2 Å². The van der Waals surface area contributed by atoms with Gasteiger partial charge in [-0.3, -0.25) is 9.69 Å². The number of rotatable bonds is 5. The third-order valence-corrected chi connectivity index (χ3v) is 3.50. The fraction of sp³-hybridized carbons (Fsp3) is 0.769. The molecule has 5 nitrogen and oxygen atoms in total. The number of carbonyl (C=O) groups is 1. The van der Waals surface area contributed by atoms with Crippen molar-refractivity contribution in [3.63, 3.8) is 0 Å². The third kappa shape index (κ3) is 3.38. The molecule has 0 N–H and O–H groups in total. The molecule has 0 aromatic carbocycles. The molecule has 1 heterocycles. The Hall–Kier alpha value is -1.23. The SMILES string of the molecule is CCCc1nc(CN(C)C2CCC(=O)CC2)no1. The summed E-state index contributed by atoms with van der Waals surface area (Å²) in [6.45, 7) is 2.79. The molecule has 1 aliphatic rings. The van der Waals surface area contributed by atoms with Crippen molar-refractivity contribution in [3.05, 3.63) is 11.7 Å². The van der Waals surface area contributed by atoms with Crippen molar-refractivity contribution >= 4 is 5.78 Å². The zero-order chi connectivity index (χ0) is 13.0. The molecule has 0 radical (unpaired) electrons. The summed E-state index contributed by atoms with van der Waals surface area (Å²) in [7, 11) is 2.07. The first kappa shape index (κ1) is 13.2. The molecule has 0 saturated heterocycles. The minimum absolute atomic E-state index is 0.393. The molecule has 0 unspecified atom stereocenters. The first-order valence-electron chi connectivity index (χ1n) is 6.72.